The van der Waals surface area contributed by atoms with E-state index in [9.17, 15) is 4.57 Å². The van der Waals surface area contributed by atoms with Gasteiger partial charge >= 0.3 is 7.37 Å². The van der Waals surface area contributed by atoms with Crippen molar-refractivity contribution in [3.8, 4) is 5.75 Å². The van der Waals surface area contributed by atoms with Crippen LogP contribution in [0.4, 0.5) is 0 Å². The third kappa shape index (κ3) is 4.61. The predicted molar refractivity (Wildman–Crippen MR) is 114 cm³/mol. The fraction of sp³-hybridized carbons (Fsp3) is 0. The van der Waals surface area contributed by atoms with E-state index in [2.05, 4.69) is 10.5 Å². The molecule has 5 nitrogen and oxygen atoms in total. The number of benzene rings is 3. The second-order valence-electron chi connectivity index (χ2n) is 5.59. The first-order valence-electron chi connectivity index (χ1n) is 8.18. The van der Waals surface area contributed by atoms with Gasteiger partial charge in [0.2, 0.25) is 0 Å². The van der Waals surface area contributed by atoms with Gasteiger partial charge in [0.15, 0.2) is 5.11 Å². The van der Waals surface area contributed by atoms with Gasteiger partial charge in [-0.15, -0.1) is 0 Å². The molecule has 0 radical (unpaired) electrons. The van der Waals surface area contributed by atoms with Gasteiger partial charge in [-0.3, -0.25) is 9.99 Å². The maximum atomic E-state index is 14.0. The Morgan fingerprint density at radius 3 is 2.00 bits per heavy atom. The van der Waals surface area contributed by atoms with Crippen LogP contribution in [0, 0.1) is 0 Å². The number of hydrazone groups is 1. The normalized spacial score (nSPS) is 11.3. The molecule has 3 N–H and O–H groups in total. The minimum atomic E-state index is -3.36. The molecule has 0 spiro atoms. The average molecular weight is 395 g/mol. The lowest BCUT2D eigenvalue weighted by Crippen LogP contribution is -2.24. The van der Waals surface area contributed by atoms with Gasteiger partial charge in [0.25, 0.3) is 0 Å². The lowest BCUT2D eigenvalue weighted by Gasteiger charge is -2.21. The monoisotopic (exact) mass is 395 g/mol. The molecule has 27 heavy (non-hydrogen) atoms. The fourth-order valence-electron chi connectivity index (χ4n) is 2.48. The van der Waals surface area contributed by atoms with Crippen LogP contribution in [-0.2, 0) is 4.57 Å². The highest BCUT2D eigenvalue weighted by Gasteiger charge is 2.30. The molecule has 7 heteroatoms. The van der Waals surface area contributed by atoms with Gasteiger partial charge in [-0.1, -0.05) is 48.5 Å². The molecule has 3 rings (SSSR count). The molecule has 0 aliphatic heterocycles. The third-order valence-electron chi connectivity index (χ3n) is 3.72. The SMILES string of the molecule is NC(=S)NN=Cc1ccccc1OP(=O)(c1ccccc1)c1ccccc1. The molecule has 0 amide bonds. The van der Waals surface area contributed by atoms with Gasteiger partial charge in [0.05, 0.1) is 16.8 Å². The molecule has 136 valence electrons. The van der Waals surface area contributed by atoms with Crippen LogP contribution in [0.25, 0.3) is 0 Å². The summed E-state index contributed by atoms with van der Waals surface area (Å²) in [5.41, 5.74) is 8.53. The van der Waals surface area contributed by atoms with Crippen molar-refractivity contribution in [1.82, 2.24) is 5.43 Å². The molecule has 3 aromatic carbocycles. The summed E-state index contributed by atoms with van der Waals surface area (Å²) in [6, 6.07) is 25.5. The summed E-state index contributed by atoms with van der Waals surface area (Å²) in [4.78, 5) is 0. The van der Waals surface area contributed by atoms with Gasteiger partial charge in [0.1, 0.15) is 5.75 Å². The van der Waals surface area contributed by atoms with E-state index in [-0.39, 0.29) is 5.11 Å². The van der Waals surface area contributed by atoms with Crippen LogP contribution in [0.5, 0.6) is 5.75 Å². The highest BCUT2D eigenvalue weighted by Crippen LogP contribution is 2.45. The van der Waals surface area contributed by atoms with Crippen LogP contribution in [0.1, 0.15) is 5.56 Å². The maximum absolute atomic E-state index is 14.0. The molecule has 0 saturated heterocycles. The number of para-hydroxylation sites is 1. The molecule has 0 fully saturated rings. The molecule has 0 aromatic heterocycles. The minimum Gasteiger partial charge on any atom is -0.436 e. The Kier molecular flexibility index (Phi) is 6.01. The highest BCUT2D eigenvalue weighted by atomic mass is 32.1. The predicted octanol–water partition coefficient (Wildman–Crippen LogP) is 3.16. The van der Waals surface area contributed by atoms with E-state index in [1.54, 1.807) is 36.4 Å². The van der Waals surface area contributed by atoms with E-state index in [1.165, 1.54) is 6.21 Å². The lowest BCUT2D eigenvalue weighted by atomic mass is 10.2. The van der Waals surface area contributed by atoms with Crippen molar-refractivity contribution in [2.24, 2.45) is 10.8 Å². The first-order valence-corrected chi connectivity index (χ1v) is 10.2. The first kappa shape index (κ1) is 18.8. The van der Waals surface area contributed by atoms with Crippen LogP contribution < -0.4 is 26.3 Å². The number of thiocarbonyl (C=S) groups is 1. The number of hydrogen-bond donors (Lipinski definition) is 2. The minimum absolute atomic E-state index is 0.0592. The van der Waals surface area contributed by atoms with E-state index in [4.69, 9.17) is 22.5 Å². The summed E-state index contributed by atoms with van der Waals surface area (Å²) >= 11 is 4.74. The molecule has 3 aromatic rings. The molecule has 0 bridgehead atoms. The first-order chi connectivity index (χ1) is 13.1. The zero-order valence-corrected chi connectivity index (χ0v) is 16.1. The maximum Gasteiger partial charge on any atom is 0.306 e. The number of nitrogens with zero attached hydrogens (tertiary/aromatic N) is 1. The highest BCUT2D eigenvalue weighted by molar-refractivity contribution is 7.80. The standard InChI is InChI=1S/C20H18N3O2PS/c21-20(27)23-22-15-16-9-7-8-14-19(16)25-26(24,17-10-3-1-4-11-17)18-12-5-2-6-13-18/h1-15H,(H3,21,23,27). The second kappa shape index (κ2) is 8.62. The van der Waals surface area contributed by atoms with Gasteiger partial charge in [-0.25, -0.2) is 0 Å². The van der Waals surface area contributed by atoms with Crippen LogP contribution in [0.3, 0.4) is 0 Å². The van der Waals surface area contributed by atoms with Crippen LogP contribution in [-0.4, -0.2) is 11.3 Å². The summed E-state index contributed by atoms with van der Waals surface area (Å²) in [6.07, 6.45) is 1.52. The van der Waals surface area contributed by atoms with E-state index in [1.807, 2.05) is 48.5 Å². The van der Waals surface area contributed by atoms with Crippen molar-refractivity contribution < 1.29 is 9.09 Å². The number of rotatable bonds is 6. The van der Waals surface area contributed by atoms with Crippen LogP contribution in [0.15, 0.2) is 90.0 Å². The molecule has 0 saturated carbocycles. The fourth-order valence-corrected chi connectivity index (χ4v) is 4.61. The summed E-state index contributed by atoms with van der Waals surface area (Å²) in [5.74, 6) is 0.446. The Hall–Kier alpha value is -2.95. The van der Waals surface area contributed by atoms with Crippen molar-refractivity contribution in [3.63, 3.8) is 0 Å². The van der Waals surface area contributed by atoms with E-state index >= 15 is 0 Å². The van der Waals surface area contributed by atoms with Crippen molar-refractivity contribution in [2.75, 3.05) is 0 Å². The van der Waals surface area contributed by atoms with Gasteiger partial charge in [0, 0.05) is 5.56 Å². The van der Waals surface area contributed by atoms with Crippen molar-refractivity contribution >= 4 is 41.5 Å². The Balaban J connectivity index is 2.03. The Labute approximate surface area is 163 Å². The van der Waals surface area contributed by atoms with Gasteiger partial charge in [-0.2, -0.15) is 5.10 Å². The molecular formula is C20H18N3O2PS. The number of hydrogen-bond acceptors (Lipinski definition) is 4. The second-order valence-corrected chi connectivity index (χ2v) is 8.34. The molecule has 0 aliphatic rings. The topological polar surface area (TPSA) is 76.7 Å². The molecule has 0 atom stereocenters. The average Bonchev–Trinajstić information content (AvgIpc) is 2.70. The van der Waals surface area contributed by atoms with Crippen LogP contribution >= 0.6 is 19.6 Å². The lowest BCUT2D eigenvalue weighted by molar-refractivity contribution is 0.502. The van der Waals surface area contributed by atoms with Gasteiger partial charge in [-0.05, 0) is 48.6 Å². The summed E-state index contributed by atoms with van der Waals surface area (Å²) in [6.45, 7) is 0. The third-order valence-corrected chi connectivity index (χ3v) is 6.22. The van der Waals surface area contributed by atoms with E-state index in [0.29, 0.717) is 21.9 Å². The van der Waals surface area contributed by atoms with Gasteiger partial charge < -0.3 is 10.3 Å². The largest absolute Gasteiger partial charge is 0.436 e. The summed E-state index contributed by atoms with van der Waals surface area (Å²) in [7, 11) is -3.36. The zero-order valence-electron chi connectivity index (χ0n) is 14.4. The molecule has 0 unspecified atom stereocenters. The molecule has 0 aliphatic carbocycles. The molecular weight excluding hydrogens is 377 g/mol. The van der Waals surface area contributed by atoms with Crippen molar-refractivity contribution in [2.45, 2.75) is 0 Å². The Morgan fingerprint density at radius 2 is 1.44 bits per heavy atom. The number of nitrogens with two attached hydrogens (primary N) is 1. The van der Waals surface area contributed by atoms with E-state index in [0.717, 1.165) is 0 Å². The Bertz CT molecular complexity index is 951. The zero-order chi connectivity index (χ0) is 19.1. The smallest absolute Gasteiger partial charge is 0.306 e. The van der Waals surface area contributed by atoms with Crippen LogP contribution in [0.2, 0.25) is 0 Å². The quantitative estimate of drug-likeness (QED) is 0.290. The summed E-state index contributed by atoms with van der Waals surface area (Å²) < 4.78 is 20.1. The number of nitrogens with one attached hydrogen (secondary N) is 1. The van der Waals surface area contributed by atoms with E-state index < -0.39 is 7.37 Å². The van der Waals surface area contributed by atoms with Crippen molar-refractivity contribution in [1.29, 1.82) is 0 Å². The Morgan fingerprint density at radius 1 is 0.926 bits per heavy atom. The van der Waals surface area contributed by atoms with Crippen molar-refractivity contribution in [3.05, 3.63) is 90.5 Å². The molecule has 0 heterocycles. The summed E-state index contributed by atoms with van der Waals surface area (Å²) in [5, 5.41) is 5.26.